The van der Waals surface area contributed by atoms with Crippen LogP contribution in [0.25, 0.3) is 0 Å². The van der Waals surface area contributed by atoms with E-state index >= 15 is 0 Å². The van der Waals surface area contributed by atoms with E-state index in [-0.39, 0.29) is 24.4 Å². The smallest absolute Gasteiger partial charge is 0.255 e. The van der Waals surface area contributed by atoms with Gasteiger partial charge in [0.25, 0.3) is 5.91 Å². The summed E-state index contributed by atoms with van der Waals surface area (Å²) in [5.41, 5.74) is 6.19. The number of halogens is 2. The number of amides is 1. The maximum Gasteiger partial charge on any atom is 0.255 e. The number of carbonyl (C=O) groups excluding carboxylic acids is 1. The van der Waals surface area contributed by atoms with Crippen LogP contribution in [0.15, 0.2) is 23.1 Å². The van der Waals surface area contributed by atoms with Crippen molar-refractivity contribution in [1.29, 1.82) is 0 Å². The van der Waals surface area contributed by atoms with E-state index in [0.717, 1.165) is 43.0 Å². The van der Waals surface area contributed by atoms with E-state index in [2.05, 4.69) is 6.92 Å². The van der Waals surface area contributed by atoms with Crippen molar-refractivity contribution in [3.05, 3.63) is 28.8 Å². The van der Waals surface area contributed by atoms with Crippen LogP contribution in [0.5, 0.6) is 0 Å². The molecule has 1 heterocycles. The van der Waals surface area contributed by atoms with E-state index in [1.165, 1.54) is 0 Å². The number of piperidine rings is 1. The van der Waals surface area contributed by atoms with Crippen molar-refractivity contribution in [2.24, 2.45) is 5.73 Å². The second-order valence-electron chi connectivity index (χ2n) is 5.58. The van der Waals surface area contributed by atoms with Gasteiger partial charge in [0.05, 0.1) is 11.7 Å². The van der Waals surface area contributed by atoms with Crippen molar-refractivity contribution in [2.45, 2.75) is 37.2 Å². The molecule has 1 aromatic rings. The molecule has 1 fully saturated rings. The molecule has 2 rings (SSSR count). The number of rotatable bonds is 7. The lowest BCUT2D eigenvalue weighted by Gasteiger charge is -2.32. The number of benzene rings is 1. The SMILES string of the molecule is CCSc1ccc(Cl)cc1C(=O)N1CCC(OCCCN)CC1.Cl. The minimum Gasteiger partial charge on any atom is -0.378 e. The predicted octanol–water partition coefficient (Wildman–Crippen LogP) is 3.84. The zero-order valence-corrected chi connectivity index (χ0v) is 16.4. The zero-order valence-electron chi connectivity index (χ0n) is 14.0. The maximum absolute atomic E-state index is 12.8. The second kappa shape index (κ2) is 11.2. The molecule has 0 atom stereocenters. The summed E-state index contributed by atoms with van der Waals surface area (Å²) in [6.07, 6.45) is 2.90. The van der Waals surface area contributed by atoms with Gasteiger partial charge in [-0.2, -0.15) is 0 Å². The van der Waals surface area contributed by atoms with E-state index in [1.807, 2.05) is 17.0 Å². The van der Waals surface area contributed by atoms with Crippen molar-refractivity contribution in [2.75, 3.05) is 32.0 Å². The van der Waals surface area contributed by atoms with Crippen LogP contribution >= 0.6 is 35.8 Å². The van der Waals surface area contributed by atoms with Crippen molar-refractivity contribution < 1.29 is 9.53 Å². The summed E-state index contributed by atoms with van der Waals surface area (Å²) in [6, 6.07) is 5.56. The molecule has 0 radical (unpaired) electrons. The molecule has 1 saturated heterocycles. The molecule has 24 heavy (non-hydrogen) atoms. The topological polar surface area (TPSA) is 55.6 Å². The van der Waals surface area contributed by atoms with Crippen LogP contribution in [0.3, 0.4) is 0 Å². The number of nitrogens with zero attached hydrogens (tertiary/aromatic N) is 1. The van der Waals surface area contributed by atoms with Gasteiger partial charge in [0.2, 0.25) is 0 Å². The molecule has 7 heteroatoms. The van der Waals surface area contributed by atoms with Gasteiger partial charge in [0.1, 0.15) is 0 Å². The third-order valence-electron chi connectivity index (χ3n) is 3.90. The molecule has 0 saturated carbocycles. The Bertz CT molecular complexity index is 523. The number of ether oxygens (including phenoxy) is 1. The molecule has 136 valence electrons. The lowest BCUT2D eigenvalue weighted by molar-refractivity contribution is 0.00835. The molecule has 0 aliphatic carbocycles. The Kier molecular flexibility index (Phi) is 10.1. The van der Waals surface area contributed by atoms with Crippen LogP contribution in [0.1, 0.15) is 36.5 Å². The Hall–Kier alpha value is -0.460. The zero-order chi connectivity index (χ0) is 16.7. The lowest BCUT2D eigenvalue weighted by atomic mass is 10.1. The Morgan fingerprint density at radius 3 is 2.75 bits per heavy atom. The molecule has 0 unspecified atom stereocenters. The molecule has 4 nitrogen and oxygen atoms in total. The molecule has 0 bridgehead atoms. The van der Waals surface area contributed by atoms with Crippen LogP contribution in [0.4, 0.5) is 0 Å². The van der Waals surface area contributed by atoms with E-state index in [4.69, 9.17) is 22.1 Å². The molecular weight excluding hydrogens is 367 g/mol. The number of hydrogen-bond donors (Lipinski definition) is 1. The van der Waals surface area contributed by atoms with Gasteiger partial charge in [0, 0.05) is 29.6 Å². The van der Waals surface area contributed by atoms with Gasteiger partial charge in [0.15, 0.2) is 0 Å². The monoisotopic (exact) mass is 392 g/mol. The first-order valence-electron chi connectivity index (χ1n) is 8.19. The number of thioether (sulfide) groups is 1. The maximum atomic E-state index is 12.8. The highest BCUT2D eigenvalue weighted by Gasteiger charge is 2.25. The van der Waals surface area contributed by atoms with Gasteiger partial charge in [-0.25, -0.2) is 0 Å². The van der Waals surface area contributed by atoms with Crippen LogP contribution in [-0.2, 0) is 4.74 Å². The number of nitrogens with two attached hydrogens (primary N) is 1. The highest BCUT2D eigenvalue weighted by atomic mass is 35.5. The largest absolute Gasteiger partial charge is 0.378 e. The van der Waals surface area contributed by atoms with Gasteiger partial charge in [-0.15, -0.1) is 24.2 Å². The van der Waals surface area contributed by atoms with E-state index < -0.39 is 0 Å². The normalized spacial score (nSPS) is 15.2. The average molecular weight is 393 g/mol. The first-order chi connectivity index (χ1) is 11.2. The van der Waals surface area contributed by atoms with Gasteiger partial charge in [-0.1, -0.05) is 18.5 Å². The Morgan fingerprint density at radius 2 is 2.12 bits per heavy atom. The summed E-state index contributed by atoms with van der Waals surface area (Å²) in [7, 11) is 0. The van der Waals surface area contributed by atoms with Gasteiger partial charge in [-0.05, 0) is 49.8 Å². The summed E-state index contributed by atoms with van der Waals surface area (Å²) >= 11 is 7.76. The Balaban J connectivity index is 0.00000288. The van der Waals surface area contributed by atoms with E-state index in [1.54, 1.807) is 17.8 Å². The number of carbonyl (C=O) groups is 1. The van der Waals surface area contributed by atoms with Crippen molar-refractivity contribution >= 4 is 41.7 Å². The third kappa shape index (κ3) is 6.12. The fraction of sp³-hybridized carbons (Fsp3) is 0.588. The predicted molar refractivity (Wildman–Crippen MR) is 104 cm³/mol. The molecule has 2 N–H and O–H groups in total. The van der Waals surface area contributed by atoms with Crippen molar-refractivity contribution in [3.63, 3.8) is 0 Å². The number of hydrogen-bond acceptors (Lipinski definition) is 4. The quantitative estimate of drug-likeness (QED) is 0.565. The first-order valence-corrected chi connectivity index (χ1v) is 9.55. The fourth-order valence-electron chi connectivity index (χ4n) is 2.68. The molecule has 0 aromatic heterocycles. The summed E-state index contributed by atoms with van der Waals surface area (Å²) in [5, 5.41) is 0.605. The van der Waals surface area contributed by atoms with E-state index in [9.17, 15) is 4.79 Å². The molecule has 1 aliphatic heterocycles. The summed E-state index contributed by atoms with van der Waals surface area (Å²) in [6.45, 7) is 4.91. The molecule has 1 aliphatic rings. The van der Waals surface area contributed by atoms with Crippen LogP contribution < -0.4 is 5.73 Å². The molecule has 0 spiro atoms. The van der Waals surface area contributed by atoms with Crippen LogP contribution in [0.2, 0.25) is 5.02 Å². The fourth-order valence-corrected chi connectivity index (χ4v) is 3.63. The molecule has 1 amide bonds. The lowest BCUT2D eigenvalue weighted by Crippen LogP contribution is -2.41. The Labute approximate surface area is 159 Å². The first kappa shape index (κ1) is 21.6. The minimum atomic E-state index is 0. The number of likely N-dealkylation sites (tertiary alicyclic amines) is 1. The van der Waals surface area contributed by atoms with Gasteiger partial charge in [-0.3, -0.25) is 4.79 Å². The van der Waals surface area contributed by atoms with Crippen molar-refractivity contribution in [3.8, 4) is 0 Å². The van der Waals surface area contributed by atoms with Gasteiger partial charge < -0.3 is 15.4 Å². The van der Waals surface area contributed by atoms with Gasteiger partial charge >= 0.3 is 0 Å². The van der Waals surface area contributed by atoms with E-state index in [0.29, 0.717) is 23.7 Å². The third-order valence-corrected chi connectivity index (χ3v) is 5.09. The summed E-state index contributed by atoms with van der Waals surface area (Å²) in [4.78, 5) is 15.7. The molecular formula is C17H26Cl2N2O2S. The summed E-state index contributed by atoms with van der Waals surface area (Å²) in [5.74, 6) is 1.00. The van der Waals surface area contributed by atoms with Crippen LogP contribution in [0, 0.1) is 0 Å². The molecule has 1 aromatic carbocycles. The van der Waals surface area contributed by atoms with Crippen LogP contribution in [-0.4, -0.2) is 48.9 Å². The average Bonchev–Trinajstić information content (AvgIpc) is 2.57. The minimum absolute atomic E-state index is 0. The Morgan fingerprint density at radius 1 is 1.42 bits per heavy atom. The second-order valence-corrected chi connectivity index (χ2v) is 7.32. The summed E-state index contributed by atoms with van der Waals surface area (Å²) < 4.78 is 5.80. The standard InChI is InChI=1S/C17H25ClN2O2S.ClH/c1-2-23-16-5-4-13(18)12-15(16)17(21)20-9-6-14(7-10-20)22-11-3-8-19;/h4-5,12,14H,2-3,6-11,19H2,1H3;1H. The van der Waals surface area contributed by atoms with Crippen molar-refractivity contribution in [1.82, 2.24) is 4.90 Å². The highest BCUT2D eigenvalue weighted by molar-refractivity contribution is 7.99. The highest BCUT2D eigenvalue weighted by Crippen LogP contribution is 2.28.